The summed E-state index contributed by atoms with van der Waals surface area (Å²) in [4.78, 5) is 13.2. The van der Waals surface area contributed by atoms with Gasteiger partial charge in [-0.3, -0.25) is 4.79 Å². The minimum Gasteiger partial charge on any atom is -0.497 e. The van der Waals surface area contributed by atoms with E-state index in [0.29, 0.717) is 5.56 Å². The quantitative estimate of drug-likeness (QED) is 0.511. The SMILES string of the molecule is COc1ccc(C(=O)C(CCc2cccc(OC)c2)c2ccccc2)cc1. The number of benzene rings is 3. The molecule has 0 radical (unpaired) electrons. The summed E-state index contributed by atoms with van der Waals surface area (Å²) < 4.78 is 10.5. The number of ketones is 1. The summed E-state index contributed by atoms with van der Waals surface area (Å²) in [5, 5.41) is 0. The van der Waals surface area contributed by atoms with Crippen LogP contribution >= 0.6 is 0 Å². The van der Waals surface area contributed by atoms with Crippen LogP contribution in [0.25, 0.3) is 0 Å². The molecule has 0 bridgehead atoms. The first-order chi connectivity index (χ1) is 13.2. The highest BCUT2D eigenvalue weighted by molar-refractivity contribution is 6.01. The Morgan fingerprint density at radius 2 is 1.52 bits per heavy atom. The third-order valence-electron chi connectivity index (χ3n) is 4.75. The fourth-order valence-corrected chi connectivity index (χ4v) is 3.23. The normalized spacial score (nSPS) is 11.6. The van der Waals surface area contributed by atoms with Crippen molar-refractivity contribution in [3.05, 3.63) is 95.6 Å². The Hall–Kier alpha value is -3.07. The fraction of sp³-hybridized carbons (Fsp3) is 0.208. The van der Waals surface area contributed by atoms with E-state index in [0.717, 1.165) is 35.5 Å². The van der Waals surface area contributed by atoms with Gasteiger partial charge in [0, 0.05) is 11.5 Å². The lowest BCUT2D eigenvalue weighted by Gasteiger charge is -2.17. The highest BCUT2D eigenvalue weighted by atomic mass is 16.5. The zero-order valence-electron chi connectivity index (χ0n) is 15.7. The average Bonchev–Trinajstić information content (AvgIpc) is 2.74. The van der Waals surface area contributed by atoms with Crippen LogP contribution in [0.3, 0.4) is 0 Å². The van der Waals surface area contributed by atoms with Crippen molar-refractivity contribution in [1.29, 1.82) is 0 Å². The van der Waals surface area contributed by atoms with E-state index in [1.165, 1.54) is 0 Å². The van der Waals surface area contributed by atoms with Gasteiger partial charge in [0.05, 0.1) is 14.2 Å². The first-order valence-corrected chi connectivity index (χ1v) is 9.07. The number of carbonyl (C=O) groups excluding carboxylic acids is 1. The van der Waals surface area contributed by atoms with Crippen molar-refractivity contribution in [3.63, 3.8) is 0 Å². The van der Waals surface area contributed by atoms with Crippen molar-refractivity contribution in [3.8, 4) is 11.5 Å². The Balaban J connectivity index is 1.83. The van der Waals surface area contributed by atoms with E-state index in [4.69, 9.17) is 9.47 Å². The lowest BCUT2D eigenvalue weighted by atomic mass is 9.86. The summed E-state index contributed by atoms with van der Waals surface area (Å²) in [6, 6.07) is 25.3. The summed E-state index contributed by atoms with van der Waals surface area (Å²) in [5.41, 5.74) is 2.91. The van der Waals surface area contributed by atoms with Crippen LogP contribution < -0.4 is 9.47 Å². The van der Waals surface area contributed by atoms with E-state index in [-0.39, 0.29) is 11.7 Å². The lowest BCUT2D eigenvalue weighted by Crippen LogP contribution is -2.14. The molecule has 0 aromatic heterocycles. The number of methoxy groups -OCH3 is 2. The zero-order valence-corrected chi connectivity index (χ0v) is 15.7. The Bertz CT molecular complexity index is 870. The molecular formula is C24H24O3. The molecule has 0 saturated carbocycles. The molecule has 27 heavy (non-hydrogen) atoms. The van der Waals surface area contributed by atoms with E-state index in [9.17, 15) is 4.79 Å². The molecule has 138 valence electrons. The Morgan fingerprint density at radius 1 is 0.815 bits per heavy atom. The molecule has 3 nitrogen and oxygen atoms in total. The smallest absolute Gasteiger partial charge is 0.170 e. The number of ether oxygens (including phenoxy) is 2. The maximum Gasteiger partial charge on any atom is 0.170 e. The second-order valence-corrected chi connectivity index (χ2v) is 6.45. The molecule has 0 fully saturated rings. The highest BCUT2D eigenvalue weighted by Crippen LogP contribution is 2.27. The standard InChI is InChI=1S/C24H24O3/c1-26-21-14-12-20(13-15-21)24(25)23(19-8-4-3-5-9-19)16-11-18-7-6-10-22(17-18)27-2/h3-10,12-15,17,23H,11,16H2,1-2H3. The molecule has 0 heterocycles. The summed E-state index contributed by atoms with van der Waals surface area (Å²) in [5.74, 6) is 1.53. The molecular weight excluding hydrogens is 336 g/mol. The molecule has 0 aliphatic rings. The van der Waals surface area contributed by atoms with Gasteiger partial charge in [-0.25, -0.2) is 0 Å². The number of aryl methyl sites for hydroxylation is 1. The zero-order chi connectivity index (χ0) is 19.1. The molecule has 3 heteroatoms. The van der Waals surface area contributed by atoms with Crippen molar-refractivity contribution in [1.82, 2.24) is 0 Å². The molecule has 0 amide bonds. The molecule has 1 atom stereocenters. The molecule has 0 spiro atoms. The molecule has 0 saturated heterocycles. The Labute approximate surface area is 160 Å². The van der Waals surface area contributed by atoms with Crippen molar-refractivity contribution >= 4 is 5.78 Å². The summed E-state index contributed by atoms with van der Waals surface area (Å²) >= 11 is 0. The third kappa shape index (κ3) is 4.76. The maximum atomic E-state index is 13.2. The van der Waals surface area contributed by atoms with Crippen LogP contribution in [-0.2, 0) is 6.42 Å². The number of hydrogen-bond acceptors (Lipinski definition) is 3. The molecule has 3 rings (SSSR count). The van der Waals surface area contributed by atoms with Crippen LogP contribution in [0.4, 0.5) is 0 Å². The van der Waals surface area contributed by atoms with Gasteiger partial charge in [0.15, 0.2) is 5.78 Å². The van der Waals surface area contributed by atoms with Gasteiger partial charge in [-0.2, -0.15) is 0 Å². The second-order valence-electron chi connectivity index (χ2n) is 6.45. The molecule has 3 aromatic rings. The second kappa shape index (κ2) is 9.04. The van der Waals surface area contributed by atoms with Crippen molar-refractivity contribution < 1.29 is 14.3 Å². The van der Waals surface area contributed by atoms with Crippen molar-refractivity contribution in [2.24, 2.45) is 0 Å². The van der Waals surface area contributed by atoms with Crippen molar-refractivity contribution in [2.45, 2.75) is 18.8 Å². The van der Waals surface area contributed by atoms with E-state index in [1.807, 2.05) is 72.8 Å². The number of rotatable bonds is 8. The molecule has 0 aliphatic heterocycles. The average molecular weight is 360 g/mol. The van der Waals surface area contributed by atoms with E-state index in [2.05, 4.69) is 6.07 Å². The van der Waals surface area contributed by atoms with E-state index >= 15 is 0 Å². The van der Waals surface area contributed by atoms with Crippen LogP contribution in [0.1, 0.15) is 33.8 Å². The predicted octanol–water partition coefficient (Wildman–Crippen LogP) is 5.30. The van der Waals surface area contributed by atoms with E-state index in [1.54, 1.807) is 14.2 Å². The number of carbonyl (C=O) groups is 1. The monoisotopic (exact) mass is 360 g/mol. The van der Waals surface area contributed by atoms with Crippen LogP contribution in [0.5, 0.6) is 11.5 Å². The fourth-order valence-electron chi connectivity index (χ4n) is 3.23. The minimum absolute atomic E-state index is 0.131. The summed E-state index contributed by atoms with van der Waals surface area (Å²) in [7, 11) is 3.29. The summed E-state index contributed by atoms with van der Waals surface area (Å²) in [6.45, 7) is 0. The minimum atomic E-state index is -0.189. The maximum absolute atomic E-state index is 13.2. The van der Waals surface area contributed by atoms with E-state index < -0.39 is 0 Å². The first kappa shape index (κ1) is 18.7. The molecule has 3 aromatic carbocycles. The first-order valence-electron chi connectivity index (χ1n) is 9.07. The molecule has 0 aliphatic carbocycles. The molecule has 1 unspecified atom stereocenters. The van der Waals surface area contributed by atoms with Crippen LogP contribution in [0, 0.1) is 0 Å². The molecule has 0 N–H and O–H groups in total. The van der Waals surface area contributed by atoms with Crippen LogP contribution in [0.15, 0.2) is 78.9 Å². The van der Waals surface area contributed by atoms with Gasteiger partial charge in [0.2, 0.25) is 0 Å². The Morgan fingerprint density at radius 3 is 2.19 bits per heavy atom. The van der Waals surface area contributed by atoms with Crippen molar-refractivity contribution in [2.75, 3.05) is 14.2 Å². The van der Waals surface area contributed by atoms with Gasteiger partial charge < -0.3 is 9.47 Å². The largest absolute Gasteiger partial charge is 0.497 e. The Kier molecular flexibility index (Phi) is 6.26. The van der Waals surface area contributed by atoms with Gasteiger partial charge in [-0.05, 0) is 60.4 Å². The van der Waals surface area contributed by atoms with Gasteiger partial charge >= 0.3 is 0 Å². The van der Waals surface area contributed by atoms with Gasteiger partial charge in [0.25, 0.3) is 0 Å². The van der Waals surface area contributed by atoms with Gasteiger partial charge in [-0.1, -0.05) is 42.5 Å². The van der Waals surface area contributed by atoms with Gasteiger partial charge in [0.1, 0.15) is 11.5 Å². The van der Waals surface area contributed by atoms with Gasteiger partial charge in [-0.15, -0.1) is 0 Å². The number of Topliss-reactive ketones (excluding diaryl/α,β-unsaturated/α-hetero) is 1. The lowest BCUT2D eigenvalue weighted by molar-refractivity contribution is 0.0955. The number of hydrogen-bond donors (Lipinski definition) is 0. The highest BCUT2D eigenvalue weighted by Gasteiger charge is 2.22. The topological polar surface area (TPSA) is 35.5 Å². The summed E-state index contributed by atoms with van der Waals surface area (Å²) in [6.07, 6.45) is 1.54. The van der Waals surface area contributed by atoms with Crippen LogP contribution in [0.2, 0.25) is 0 Å². The predicted molar refractivity (Wildman–Crippen MR) is 108 cm³/mol. The van der Waals surface area contributed by atoms with Crippen LogP contribution in [-0.4, -0.2) is 20.0 Å². The third-order valence-corrected chi connectivity index (χ3v) is 4.75.